The predicted octanol–water partition coefficient (Wildman–Crippen LogP) is 5.65. The molecule has 7 heteroatoms. The zero-order chi connectivity index (χ0) is 21.8. The molecule has 0 saturated carbocycles. The SMILES string of the molecule is O=C(NCC=Cc1ccnc(C(F)(F)F)c1)OCC1c2ccccc2-c2ccccc21. The van der Waals surface area contributed by atoms with Gasteiger partial charge in [-0.25, -0.2) is 4.79 Å². The molecule has 0 unspecified atom stereocenters. The number of aromatic nitrogens is 1. The molecule has 0 atom stereocenters. The zero-order valence-electron chi connectivity index (χ0n) is 16.4. The van der Waals surface area contributed by atoms with Crippen LogP contribution < -0.4 is 5.32 Å². The lowest BCUT2D eigenvalue weighted by Crippen LogP contribution is -2.26. The van der Waals surface area contributed by atoms with Gasteiger partial charge in [0.05, 0.1) is 0 Å². The molecule has 2 aromatic carbocycles. The fraction of sp³-hybridized carbons (Fsp3) is 0.167. The minimum atomic E-state index is -4.50. The molecule has 4 nitrogen and oxygen atoms in total. The second kappa shape index (κ2) is 8.63. The summed E-state index contributed by atoms with van der Waals surface area (Å²) < 4.78 is 43.5. The summed E-state index contributed by atoms with van der Waals surface area (Å²) >= 11 is 0. The Hall–Kier alpha value is -3.61. The summed E-state index contributed by atoms with van der Waals surface area (Å²) in [4.78, 5) is 15.4. The maximum atomic E-state index is 12.7. The highest BCUT2D eigenvalue weighted by Crippen LogP contribution is 2.44. The van der Waals surface area contributed by atoms with Gasteiger partial charge in [0.25, 0.3) is 0 Å². The number of halogens is 3. The van der Waals surface area contributed by atoms with E-state index in [-0.39, 0.29) is 19.1 Å². The predicted molar refractivity (Wildman–Crippen MR) is 111 cm³/mol. The lowest BCUT2D eigenvalue weighted by atomic mass is 9.98. The van der Waals surface area contributed by atoms with Crippen LogP contribution in [-0.4, -0.2) is 24.2 Å². The van der Waals surface area contributed by atoms with Gasteiger partial charge in [-0.15, -0.1) is 0 Å². The maximum Gasteiger partial charge on any atom is 0.433 e. The Morgan fingerprint density at radius 2 is 1.68 bits per heavy atom. The molecular weight excluding hydrogens is 405 g/mol. The van der Waals surface area contributed by atoms with Gasteiger partial charge in [0.2, 0.25) is 0 Å². The Morgan fingerprint density at radius 3 is 2.32 bits per heavy atom. The van der Waals surface area contributed by atoms with Crippen LogP contribution in [0.5, 0.6) is 0 Å². The lowest BCUT2D eigenvalue weighted by Gasteiger charge is -2.14. The average Bonchev–Trinajstić information content (AvgIpc) is 3.09. The Kier molecular flexibility index (Phi) is 5.75. The van der Waals surface area contributed by atoms with Gasteiger partial charge < -0.3 is 10.1 Å². The molecule has 0 saturated heterocycles. The Labute approximate surface area is 177 Å². The van der Waals surface area contributed by atoms with Gasteiger partial charge in [-0.1, -0.05) is 60.7 Å². The van der Waals surface area contributed by atoms with Crippen molar-refractivity contribution in [2.24, 2.45) is 0 Å². The van der Waals surface area contributed by atoms with E-state index in [0.717, 1.165) is 34.5 Å². The van der Waals surface area contributed by atoms with Crippen molar-refractivity contribution in [2.75, 3.05) is 13.2 Å². The molecule has 0 bridgehead atoms. The third-order valence-corrected chi connectivity index (χ3v) is 5.09. The topological polar surface area (TPSA) is 51.2 Å². The van der Waals surface area contributed by atoms with Crippen LogP contribution in [0.2, 0.25) is 0 Å². The molecule has 1 heterocycles. The molecule has 1 aromatic heterocycles. The standard InChI is InChI=1S/C24H19F3N2O2/c25-24(26,27)22-14-16(11-13-28-22)6-5-12-29-23(30)31-15-21-19-9-3-1-7-17(19)18-8-2-4-10-20(18)21/h1-11,13-14,21H,12,15H2,(H,29,30). The first kappa shape index (κ1) is 20.7. The van der Waals surface area contributed by atoms with E-state index >= 15 is 0 Å². The lowest BCUT2D eigenvalue weighted by molar-refractivity contribution is -0.141. The number of nitrogens with one attached hydrogen (secondary N) is 1. The van der Waals surface area contributed by atoms with Gasteiger partial charge in [0.15, 0.2) is 0 Å². The molecule has 0 spiro atoms. The number of ether oxygens (including phenoxy) is 1. The van der Waals surface area contributed by atoms with Crippen molar-refractivity contribution in [2.45, 2.75) is 12.1 Å². The number of hydrogen-bond donors (Lipinski definition) is 1. The first-order valence-electron chi connectivity index (χ1n) is 9.72. The quantitative estimate of drug-likeness (QED) is 0.576. The number of rotatable bonds is 5. The number of alkyl halides is 3. The van der Waals surface area contributed by atoms with Crippen molar-refractivity contribution in [3.8, 4) is 11.1 Å². The van der Waals surface area contributed by atoms with Crippen molar-refractivity contribution >= 4 is 12.2 Å². The smallest absolute Gasteiger partial charge is 0.433 e. The van der Waals surface area contributed by atoms with Crippen LogP contribution >= 0.6 is 0 Å². The number of amides is 1. The molecule has 1 aliphatic carbocycles. The minimum absolute atomic E-state index is 0.0358. The highest BCUT2D eigenvalue weighted by molar-refractivity contribution is 5.79. The fourth-order valence-electron chi connectivity index (χ4n) is 3.69. The fourth-order valence-corrected chi connectivity index (χ4v) is 3.69. The van der Waals surface area contributed by atoms with E-state index in [2.05, 4.69) is 22.4 Å². The molecule has 1 N–H and O–H groups in total. The number of nitrogens with zero attached hydrogens (tertiary/aromatic N) is 1. The summed E-state index contributed by atoms with van der Waals surface area (Å²) in [6, 6.07) is 18.5. The molecule has 0 radical (unpaired) electrons. The molecule has 1 aliphatic rings. The number of pyridine rings is 1. The second-order valence-corrected chi connectivity index (χ2v) is 7.08. The molecule has 31 heavy (non-hydrogen) atoms. The molecular formula is C24H19F3N2O2. The Bertz CT molecular complexity index is 1080. The number of hydrogen-bond acceptors (Lipinski definition) is 3. The van der Waals surface area contributed by atoms with Crippen molar-refractivity contribution in [1.29, 1.82) is 0 Å². The molecule has 0 fully saturated rings. The van der Waals surface area contributed by atoms with E-state index in [0.29, 0.717) is 5.56 Å². The molecule has 4 rings (SSSR count). The van der Waals surface area contributed by atoms with Crippen LogP contribution in [0, 0.1) is 0 Å². The van der Waals surface area contributed by atoms with Crippen molar-refractivity contribution in [3.05, 3.63) is 95.3 Å². The third kappa shape index (κ3) is 4.60. The second-order valence-electron chi connectivity index (χ2n) is 7.08. The summed E-state index contributed by atoms with van der Waals surface area (Å²) in [5, 5.41) is 2.58. The largest absolute Gasteiger partial charge is 0.449 e. The zero-order valence-corrected chi connectivity index (χ0v) is 16.4. The molecule has 3 aromatic rings. The summed E-state index contributed by atoms with van der Waals surface area (Å²) in [6.45, 7) is 0.323. The van der Waals surface area contributed by atoms with Crippen molar-refractivity contribution in [3.63, 3.8) is 0 Å². The number of fused-ring (bicyclic) bond motifs is 3. The van der Waals surface area contributed by atoms with Gasteiger partial charge >= 0.3 is 12.3 Å². The highest BCUT2D eigenvalue weighted by Gasteiger charge is 2.32. The molecule has 158 valence electrons. The number of carbonyl (C=O) groups excluding carboxylic acids is 1. The monoisotopic (exact) mass is 424 g/mol. The normalized spacial score (nSPS) is 13.1. The van der Waals surface area contributed by atoms with E-state index < -0.39 is 18.0 Å². The van der Waals surface area contributed by atoms with Gasteiger partial charge in [0, 0.05) is 18.7 Å². The number of benzene rings is 2. The number of alkyl carbamates (subject to hydrolysis) is 1. The third-order valence-electron chi connectivity index (χ3n) is 5.09. The van der Waals surface area contributed by atoms with E-state index in [1.54, 1.807) is 6.08 Å². The van der Waals surface area contributed by atoms with E-state index in [4.69, 9.17) is 4.74 Å². The van der Waals surface area contributed by atoms with Crippen LogP contribution in [0.1, 0.15) is 28.3 Å². The van der Waals surface area contributed by atoms with E-state index in [1.165, 1.54) is 12.1 Å². The van der Waals surface area contributed by atoms with Gasteiger partial charge in [0.1, 0.15) is 12.3 Å². The average molecular weight is 424 g/mol. The summed E-state index contributed by atoms with van der Waals surface area (Å²) in [5.74, 6) is -0.0358. The van der Waals surface area contributed by atoms with Crippen molar-refractivity contribution in [1.82, 2.24) is 10.3 Å². The van der Waals surface area contributed by atoms with Crippen LogP contribution in [0.3, 0.4) is 0 Å². The first-order valence-corrected chi connectivity index (χ1v) is 9.72. The first-order chi connectivity index (χ1) is 14.9. The van der Waals surface area contributed by atoms with E-state index in [1.807, 2.05) is 36.4 Å². The molecule has 1 amide bonds. The van der Waals surface area contributed by atoms with Crippen LogP contribution in [-0.2, 0) is 10.9 Å². The van der Waals surface area contributed by atoms with Crippen LogP contribution in [0.25, 0.3) is 17.2 Å². The number of carbonyl (C=O) groups is 1. The summed E-state index contributed by atoms with van der Waals surface area (Å²) in [5.41, 5.74) is 3.91. The van der Waals surface area contributed by atoms with Crippen molar-refractivity contribution < 1.29 is 22.7 Å². The van der Waals surface area contributed by atoms with Crippen LogP contribution in [0.4, 0.5) is 18.0 Å². The van der Waals surface area contributed by atoms with E-state index in [9.17, 15) is 18.0 Å². The maximum absolute atomic E-state index is 12.7. The minimum Gasteiger partial charge on any atom is -0.449 e. The Balaban J connectivity index is 1.32. The Morgan fingerprint density at radius 1 is 1.03 bits per heavy atom. The summed E-state index contributed by atoms with van der Waals surface area (Å²) in [7, 11) is 0. The highest BCUT2D eigenvalue weighted by atomic mass is 19.4. The van der Waals surface area contributed by atoms with Gasteiger partial charge in [-0.2, -0.15) is 13.2 Å². The van der Waals surface area contributed by atoms with Gasteiger partial charge in [-0.05, 0) is 39.9 Å². The summed E-state index contributed by atoms with van der Waals surface area (Å²) in [6.07, 6.45) is -0.945. The molecule has 0 aliphatic heterocycles. The van der Waals surface area contributed by atoms with Crippen LogP contribution in [0.15, 0.2) is 72.9 Å². The van der Waals surface area contributed by atoms with Gasteiger partial charge in [-0.3, -0.25) is 4.98 Å².